The highest BCUT2D eigenvalue weighted by molar-refractivity contribution is 5.79. The van der Waals surface area contributed by atoms with E-state index in [0.717, 1.165) is 6.07 Å². The summed E-state index contributed by atoms with van der Waals surface area (Å²) < 4.78 is 0. The normalized spacial score (nSPS) is 10.7. The fourth-order valence-electron chi connectivity index (χ4n) is 2.06. The molecule has 0 aliphatic heterocycles. The van der Waals surface area contributed by atoms with Crippen LogP contribution < -0.4 is 5.56 Å². The molecule has 0 atom stereocenters. The first-order valence-corrected chi connectivity index (χ1v) is 6.02. The van der Waals surface area contributed by atoms with Gasteiger partial charge in [-0.3, -0.25) is 14.9 Å². The first-order chi connectivity index (χ1) is 10.0. The summed E-state index contributed by atoms with van der Waals surface area (Å²) in [4.78, 5) is 29.0. The van der Waals surface area contributed by atoms with Crippen LogP contribution in [0.2, 0.25) is 0 Å². The second-order valence-electron chi connectivity index (χ2n) is 4.43. The van der Waals surface area contributed by atoms with Crippen LogP contribution in [0.15, 0.2) is 47.3 Å². The largest absolute Gasteiger partial charge is 0.508 e. The second kappa shape index (κ2) is 4.71. The lowest BCUT2D eigenvalue weighted by molar-refractivity contribution is -0.384. The third-order valence-electron chi connectivity index (χ3n) is 3.00. The van der Waals surface area contributed by atoms with Crippen LogP contribution >= 0.6 is 0 Å². The SMILES string of the molecule is O=c1[nH]c(-c2cc(O)cc([N+](=O)[O-])c2)nc2ccccc12. The first-order valence-electron chi connectivity index (χ1n) is 6.02. The van der Waals surface area contributed by atoms with Gasteiger partial charge in [0.1, 0.15) is 11.6 Å². The van der Waals surface area contributed by atoms with Crippen molar-refractivity contribution in [2.24, 2.45) is 0 Å². The van der Waals surface area contributed by atoms with Crippen LogP contribution in [0.1, 0.15) is 0 Å². The Bertz CT molecular complexity index is 917. The third-order valence-corrected chi connectivity index (χ3v) is 3.00. The van der Waals surface area contributed by atoms with E-state index in [9.17, 15) is 20.0 Å². The van der Waals surface area contributed by atoms with E-state index in [4.69, 9.17) is 0 Å². The molecule has 7 heteroatoms. The van der Waals surface area contributed by atoms with Gasteiger partial charge in [-0.25, -0.2) is 4.98 Å². The quantitative estimate of drug-likeness (QED) is 0.553. The van der Waals surface area contributed by atoms with Gasteiger partial charge in [-0.2, -0.15) is 0 Å². The van der Waals surface area contributed by atoms with Gasteiger partial charge in [0.05, 0.1) is 21.9 Å². The van der Waals surface area contributed by atoms with Crippen molar-refractivity contribution in [3.63, 3.8) is 0 Å². The Hall–Kier alpha value is -3.22. The Balaban J connectivity index is 2.25. The zero-order valence-corrected chi connectivity index (χ0v) is 10.6. The molecule has 0 saturated heterocycles. The number of aromatic amines is 1. The molecule has 2 aromatic carbocycles. The second-order valence-corrected chi connectivity index (χ2v) is 4.43. The molecule has 2 N–H and O–H groups in total. The number of non-ortho nitro benzene ring substituents is 1. The van der Waals surface area contributed by atoms with Gasteiger partial charge in [0.25, 0.3) is 11.2 Å². The molecule has 0 amide bonds. The molecule has 0 aliphatic carbocycles. The summed E-state index contributed by atoms with van der Waals surface area (Å²) >= 11 is 0. The number of aromatic hydroxyl groups is 1. The molecule has 3 aromatic rings. The summed E-state index contributed by atoms with van der Waals surface area (Å²) in [6, 6.07) is 10.3. The molecule has 1 heterocycles. The summed E-state index contributed by atoms with van der Waals surface area (Å²) in [5.74, 6) is -0.104. The van der Waals surface area contributed by atoms with E-state index in [-0.39, 0.29) is 28.4 Å². The van der Waals surface area contributed by atoms with Crippen LogP contribution in [0.3, 0.4) is 0 Å². The van der Waals surface area contributed by atoms with Crippen molar-refractivity contribution in [2.45, 2.75) is 0 Å². The van der Waals surface area contributed by atoms with E-state index in [2.05, 4.69) is 9.97 Å². The number of phenols is 1. The van der Waals surface area contributed by atoms with Crippen LogP contribution in [0.25, 0.3) is 22.3 Å². The molecular weight excluding hydrogens is 274 g/mol. The molecule has 1 aromatic heterocycles. The predicted octanol–water partition coefficient (Wildman–Crippen LogP) is 2.20. The molecule has 0 fully saturated rings. The summed E-state index contributed by atoms with van der Waals surface area (Å²) in [5, 5.41) is 20.8. The van der Waals surface area contributed by atoms with Crippen molar-refractivity contribution in [1.82, 2.24) is 9.97 Å². The van der Waals surface area contributed by atoms with Gasteiger partial charge < -0.3 is 10.1 Å². The zero-order valence-electron chi connectivity index (χ0n) is 10.6. The molecule has 0 unspecified atom stereocenters. The van der Waals surface area contributed by atoms with Crippen molar-refractivity contribution in [3.05, 3.63) is 62.9 Å². The van der Waals surface area contributed by atoms with Crippen LogP contribution in [-0.2, 0) is 0 Å². The zero-order chi connectivity index (χ0) is 15.0. The number of hydrogen-bond acceptors (Lipinski definition) is 5. The van der Waals surface area contributed by atoms with Crippen molar-refractivity contribution < 1.29 is 10.0 Å². The maximum Gasteiger partial charge on any atom is 0.273 e. The number of nitrogens with zero attached hydrogens (tertiary/aromatic N) is 2. The van der Waals surface area contributed by atoms with Gasteiger partial charge in [0, 0.05) is 11.6 Å². The number of nitrogens with one attached hydrogen (secondary N) is 1. The van der Waals surface area contributed by atoms with Crippen LogP contribution in [0.4, 0.5) is 5.69 Å². The Kier molecular flexibility index (Phi) is 2.87. The number of phenolic OH excluding ortho intramolecular Hbond substituents is 1. The molecule has 3 rings (SSSR count). The predicted molar refractivity (Wildman–Crippen MR) is 76.1 cm³/mol. The van der Waals surface area contributed by atoms with Gasteiger partial charge in [-0.15, -0.1) is 0 Å². The van der Waals surface area contributed by atoms with Gasteiger partial charge in [-0.05, 0) is 18.2 Å². The smallest absolute Gasteiger partial charge is 0.273 e. The fraction of sp³-hybridized carbons (Fsp3) is 0. The standard InChI is InChI=1S/C14H9N3O4/c18-10-6-8(5-9(7-10)17(20)21)13-15-12-4-2-1-3-11(12)14(19)16-13/h1-7,18H,(H,15,16,19). The number of hydrogen-bond donors (Lipinski definition) is 2. The van der Waals surface area contributed by atoms with Crippen molar-refractivity contribution in [1.29, 1.82) is 0 Å². The van der Waals surface area contributed by atoms with E-state index < -0.39 is 4.92 Å². The minimum atomic E-state index is -0.623. The Morgan fingerprint density at radius 1 is 1.19 bits per heavy atom. The van der Waals surface area contributed by atoms with Crippen molar-refractivity contribution in [2.75, 3.05) is 0 Å². The topological polar surface area (TPSA) is 109 Å². The fourth-order valence-corrected chi connectivity index (χ4v) is 2.06. The van der Waals surface area contributed by atoms with E-state index in [0.29, 0.717) is 10.9 Å². The highest BCUT2D eigenvalue weighted by Gasteiger charge is 2.13. The lowest BCUT2D eigenvalue weighted by Crippen LogP contribution is -2.09. The van der Waals surface area contributed by atoms with E-state index in [1.54, 1.807) is 24.3 Å². The number of aromatic nitrogens is 2. The minimum absolute atomic E-state index is 0.165. The lowest BCUT2D eigenvalue weighted by atomic mass is 10.1. The number of benzene rings is 2. The molecular formula is C14H9N3O4. The number of H-pyrrole nitrogens is 1. The number of rotatable bonds is 2. The minimum Gasteiger partial charge on any atom is -0.508 e. The van der Waals surface area contributed by atoms with Gasteiger partial charge in [0.2, 0.25) is 0 Å². The number of para-hydroxylation sites is 1. The molecule has 0 bridgehead atoms. The van der Waals surface area contributed by atoms with Crippen molar-refractivity contribution >= 4 is 16.6 Å². The van der Waals surface area contributed by atoms with Crippen molar-refractivity contribution in [3.8, 4) is 17.1 Å². The monoisotopic (exact) mass is 283 g/mol. The average Bonchev–Trinajstić information content (AvgIpc) is 2.46. The van der Waals surface area contributed by atoms with Crippen LogP contribution in [-0.4, -0.2) is 20.0 Å². The lowest BCUT2D eigenvalue weighted by Gasteiger charge is -2.04. The maximum absolute atomic E-state index is 12.0. The maximum atomic E-state index is 12.0. The Morgan fingerprint density at radius 3 is 2.71 bits per heavy atom. The molecule has 0 aliphatic rings. The Labute approximate surface area is 117 Å². The molecule has 0 spiro atoms. The van der Waals surface area contributed by atoms with Gasteiger partial charge in [-0.1, -0.05) is 12.1 Å². The Morgan fingerprint density at radius 2 is 1.95 bits per heavy atom. The summed E-state index contributed by atoms with van der Waals surface area (Å²) in [6.45, 7) is 0. The van der Waals surface area contributed by atoms with E-state index in [1.807, 2.05) is 0 Å². The molecule has 104 valence electrons. The number of nitro benzene ring substituents is 1. The van der Waals surface area contributed by atoms with E-state index >= 15 is 0 Å². The number of fused-ring (bicyclic) bond motifs is 1. The summed E-state index contributed by atoms with van der Waals surface area (Å²) in [5.41, 5.74) is 0.120. The summed E-state index contributed by atoms with van der Waals surface area (Å²) in [7, 11) is 0. The van der Waals surface area contributed by atoms with Crippen LogP contribution in [0, 0.1) is 10.1 Å². The first kappa shape index (κ1) is 12.8. The molecule has 7 nitrogen and oxygen atoms in total. The molecule has 0 radical (unpaired) electrons. The van der Waals surface area contributed by atoms with Gasteiger partial charge in [0.15, 0.2) is 0 Å². The highest BCUT2D eigenvalue weighted by Crippen LogP contribution is 2.27. The third kappa shape index (κ3) is 2.32. The number of nitro groups is 1. The summed E-state index contributed by atoms with van der Waals surface area (Å²) in [6.07, 6.45) is 0. The average molecular weight is 283 g/mol. The van der Waals surface area contributed by atoms with Crippen LogP contribution in [0.5, 0.6) is 5.75 Å². The van der Waals surface area contributed by atoms with Gasteiger partial charge >= 0.3 is 0 Å². The van der Waals surface area contributed by atoms with E-state index in [1.165, 1.54) is 12.1 Å². The molecule has 21 heavy (non-hydrogen) atoms. The highest BCUT2D eigenvalue weighted by atomic mass is 16.6. The molecule has 0 saturated carbocycles.